The number of halogens is 1. The first kappa shape index (κ1) is 32.5. The molecule has 0 spiro atoms. The SMILES string of the molecule is Cn1cc(C#Cc2ccc(NC(=O)[C@H]3COCCN3C(=O)[C@@H](NC(=O)c3cccs3)c3ccccc3)cc2)c(-c2cc(Cl)ccc2O)n1. The van der Waals surface area contributed by atoms with Crippen LogP contribution in [0.15, 0.2) is 96.5 Å². The van der Waals surface area contributed by atoms with E-state index in [0.29, 0.717) is 43.5 Å². The third-order valence-corrected chi connectivity index (χ3v) is 8.75. The van der Waals surface area contributed by atoms with E-state index in [1.165, 1.54) is 22.3 Å². The minimum atomic E-state index is -0.991. The number of amides is 3. The second-order valence-corrected chi connectivity index (χ2v) is 12.3. The lowest BCUT2D eigenvalue weighted by atomic mass is 10.0. The van der Waals surface area contributed by atoms with E-state index in [4.69, 9.17) is 16.3 Å². The van der Waals surface area contributed by atoms with Crippen LogP contribution in [0.4, 0.5) is 5.69 Å². The third kappa shape index (κ3) is 7.42. The number of aromatic hydroxyl groups is 1. The zero-order chi connectivity index (χ0) is 33.6. The fourth-order valence-corrected chi connectivity index (χ4v) is 6.07. The maximum absolute atomic E-state index is 14.0. The van der Waals surface area contributed by atoms with Crippen molar-refractivity contribution in [3.63, 3.8) is 0 Å². The molecule has 1 aliphatic rings. The van der Waals surface area contributed by atoms with Gasteiger partial charge in [0.15, 0.2) is 0 Å². The lowest BCUT2D eigenvalue weighted by Crippen LogP contribution is -2.57. The summed E-state index contributed by atoms with van der Waals surface area (Å²) in [6.07, 6.45) is 1.76. The van der Waals surface area contributed by atoms with E-state index in [1.54, 1.807) is 96.1 Å². The van der Waals surface area contributed by atoms with Crippen molar-refractivity contribution >= 4 is 46.3 Å². The zero-order valence-corrected chi connectivity index (χ0v) is 27.3. The second-order valence-electron chi connectivity index (χ2n) is 11.0. The molecule has 0 saturated carbocycles. The first-order valence-corrected chi connectivity index (χ1v) is 16.3. The number of morpholine rings is 1. The summed E-state index contributed by atoms with van der Waals surface area (Å²) >= 11 is 7.42. The van der Waals surface area contributed by atoms with Gasteiger partial charge in [-0.2, -0.15) is 5.10 Å². The number of carbonyl (C=O) groups is 3. The van der Waals surface area contributed by atoms with Gasteiger partial charge in [-0.25, -0.2) is 0 Å². The Hall–Kier alpha value is -5.41. The number of carbonyl (C=O) groups excluding carboxylic acids is 3. The summed E-state index contributed by atoms with van der Waals surface area (Å²) in [5.41, 5.74) is 3.39. The van der Waals surface area contributed by atoms with Gasteiger partial charge < -0.3 is 25.4 Å². The van der Waals surface area contributed by atoms with Crippen molar-refractivity contribution in [3.05, 3.63) is 123 Å². The van der Waals surface area contributed by atoms with Crippen molar-refractivity contribution in [3.8, 4) is 28.8 Å². The molecule has 242 valence electrons. The maximum atomic E-state index is 14.0. The average Bonchev–Trinajstić information content (AvgIpc) is 3.78. The van der Waals surface area contributed by atoms with Gasteiger partial charge in [0.2, 0.25) is 5.91 Å². The van der Waals surface area contributed by atoms with Crippen LogP contribution in [-0.2, 0) is 21.4 Å². The monoisotopic (exact) mass is 679 g/mol. The molecule has 3 amide bonds. The Balaban J connectivity index is 1.16. The molecular weight excluding hydrogens is 650 g/mol. The molecule has 2 aromatic heterocycles. The molecule has 2 atom stereocenters. The lowest BCUT2D eigenvalue weighted by Gasteiger charge is -2.37. The molecule has 3 heterocycles. The highest BCUT2D eigenvalue weighted by Gasteiger charge is 2.37. The number of anilines is 1. The van der Waals surface area contributed by atoms with Gasteiger partial charge in [-0.05, 0) is 59.5 Å². The molecule has 0 bridgehead atoms. The number of ether oxygens (including phenoxy) is 1. The number of aryl methyl sites for hydroxylation is 1. The molecule has 12 heteroatoms. The predicted molar refractivity (Wildman–Crippen MR) is 184 cm³/mol. The summed E-state index contributed by atoms with van der Waals surface area (Å²) in [6, 6.07) is 22.2. The summed E-state index contributed by atoms with van der Waals surface area (Å²) < 4.78 is 7.22. The molecule has 10 nitrogen and oxygen atoms in total. The molecule has 0 aliphatic carbocycles. The zero-order valence-electron chi connectivity index (χ0n) is 25.7. The predicted octanol–water partition coefficient (Wildman–Crippen LogP) is 5.24. The van der Waals surface area contributed by atoms with Crippen LogP contribution in [0.1, 0.15) is 32.4 Å². The van der Waals surface area contributed by atoms with Gasteiger partial charge in [0, 0.05) is 41.6 Å². The highest BCUT2D eigenvalue weighted by atomic mass is 35.5. The summed E-state index contributed by atoms with van der Waals surface area (Å²) in [4.78, 5) is 42.5. The largest absolute Gasteiger partial charge is 0.507 e. The molecule has 1 saturated heterocycles. The van der Waals surface area contributed by atoms with Gasteiger partial charge in [-0.3, -0.25) is 19.1 Å². The minimum absolute atomic E-state index is 0.0110. The first-order valence-electron chi connectivity index (χ1n) is 15.0. The van der Waals surface area contributed by atoms with Gasteiger partial charge >= 0.3 is 0 Å². The summed E-state index contributed by atoms with van der Waals surface area (Å²) in [6.45, 7) is 0.461. The minimum Gasteiger partial charge on any atom is -0.507 e. The Morgan fingerprint density at radius 1 is 1.04 bits per heavy atom. The van der Waals surface area contributed by atoms with Gasteiger partial charge in [0.1, 0.15) is 23.5 Å². The van der Waals surface area contributed by atoms with E-state index in [9.17, 15) is 19.5 Å². The van der Waals surface area contributed by atoms with Gasteiger partial charge in [-0.1, -0.05) is 59.8 Å². The maximum Gasteiger partial charge on any atom is 0.262 e. The van der Waals surface area contributed by atoms with Crippen LogP contribution in [0.5, 0.6) is 5.75 Å². The van der Waals surface area contributed by atoms with Crippen LogP contribution < -0.4 is 10.6 Å². The smallest absolute Gasteiger partial charge is 0.262 e. The van der Waals surface area contributed by atoms with E-state index in [0.717, 1.165) is 0 Å². The topological polar surface area (TPSA) is 126 Å². The Morgan fingerprint density at radius 2 is 1.83 bits per heavy atom. The molecule has 0 radical (unpaired) electrons. The number of aromatic nitrogens is 2. The molecule has 5 aromatic rings. The van der Waals surface area contributed by atoms with E-state index in [1.807, 2.05) is 6.07 Å². The van der Waals surface area contributed by atoms with Crippen LogP contribution >= 0.6 is 22.9 Å². The van der Waals surface area contributed by atoms with Gasteiger partial charge in [0.05, 0.1) is 23.7 Å². The second kappa shape index (κ2) is 14.6. The van der Waals surface area contributed by atoms with E-state index >= 15 is 0 Å². The van der Waals surface area contributed by atoms with Crippen molar-refractivity contribution < 1.29 is 24.2 Å². The molecule has 1 fully saturated rings. The van der Waals surface area contributed by atoms with E-state index < -0.39 is 23.9 Å². The Labute approximate surface area is 285 Å². The molecule has 6 rings (SSSR count). The Morgan fingerprint density at radius 3 is 2.58 bits per heavy atom. The molecule has 3 N–H and O–H groups in total. The van der Waals surface area contributed by atoms with Crippen molar-refractivity contribution in [2.24, 2.45) is 7.05 Å². The van der Waals surface area contributed by atoms with Crippen LogP contribution in [-0.4, -0.2) is 63.3 Å². The number of thiophene rings is 1. The molecule has 0 unspecified atom stereocenters. The highest BCUT2D eigenvalue weighted by molar-refractivity contribution is 7.12. The first-order chi connectivity index (χ1) is 23.3. The van der Waals surface area contributed by atoms with Gasteiger partial charge in [-0.15, -0.1) is 11.3 Å². The van der Waals surface area contributed by atoms with Crippen LogP contribution in [0.25, 0.3) is 11.3 Å². The molecule has 48 heavy (non-hydrogen) atoms. The molecule has 3 aromatic carbocycles. The molecule has 1 aliphatic heterocycles. The Kier molecular flexibility index (Phi) is 9.87. The van der Waals surface area contributed by atoms with Crippen LogP contribution in [0, 0.1) is 11.8 Å². The number of rotatable bonds is 7. The number of nitrogens with one attached hydrogen (secondary N) is 2. The van der Waals surface area contributed by atoms with Crippen molar-refractivity contribution in [1.29, 1.82) is 0 Å². The number of phenolic OH excluding ortho intramolecular Hbond substituents is 1. The van der Waals surface area contributed by atoms with Crippen molar-refractivity contribution in [2.75, 3.05) is 25.1 Å². The summed E-state index contributed by atoms with van der Waals surface area (Å²) in [5.74, 6) is 5.07. The van der Waals surface area contributed by atoms with E-state index in [-0.39, 0.29) is 31.4 Å². The highest BCUT2D eigenvalue weighted by Crippen LogP contribution is 2.32. The number of benzene rings is 3. The Bertz CT molecular complexity index is 2000. The third-order valence-electron chi connectivity index (χ3n) is 7.65. The number of phenols is 1. The lowest BCUT2D eigenvalue weighted by molar-refractivity contribution is -0.148. The van der Waals surface area contributed by atoms with Crippen molar-refractivity contribution in [1.82, 2.24) is 20.0 Å². The number of hydrogen-bond acceptors (Lipinski definition) is 7. The van der Waals surface area contributed by atoms with E-state index in [2.05, 4.69) is 27.6 Å². The van der Waals surface area contributed by atoms with Crippen molar-refractivity contribution in [2.45, 2.75) is 12.1 Å². The number of nitrogens with zero attached hydrogens (tertiary/aromatic N) is 3. The summed E-state index contributed by atoms with van der Waals surface area (Å²) in [7, 11) is 1.77. The number of hydrogen-bond donors (Lipinski definition) is 3. The van der Waals surface area contributed by atoms with Crippen LogP contribution in [0.3, 0.4) is 0 Å². The quantitative estimate of drug-likeness (QED) is 0.202. The van der Waals surface area contributed by atoms with Gasteiger partial charge in [0.25, 0.3) is 11.8 Å². The molecular formula is C36H30ClN5O5S. The van der Waals surface area contributed by atoms with Crippen LogP contribution in [0.2, 0.25) is 5.02 Å². The normalized spacial score (nSPS) is 14.8. The standard InChI is InChI=1S/C36H30ClN5O5S/c1-41-21-25(32(40-41)28-20-26(37)13-16-30(28)43)12-9-23-10-14-27(15-11-23)38-34(44)29-22-47-18-17-42(29)36(46)33(24-6-3-2-4-7-24)39-35(45)31-8-5-19-48-31/h2-8,10-11,13-16,19-21,29,33,43H,17-18,22H2,1H3,(H,38,44)(H,39,45)/t29-,33+/m1/s1. The fourth-order valence-electron chi connectivity index (χ4n) is 5.27. The summed E-state index contributed by atoms with van der Waals surface area (Å²) in [5, 5.41) is 22.8. The fraction of sp³-hybridized carbons (Fsp3) is 0.167. The average molecular weight is 680 g/mol.